The zero-order valence-corrected chi connectivity index (χ0v) is 16.2. The molecule has 0 saturated carbocycles. The lowest BCUT2D eigenvalue weighted by atomic mass is 9.93. The first-order valence-corrected chi connectivity index (χ1v) is 9.08. The molecule has 3 N–H and O–H groups in total. The van der Waals surface area contributed by atoms with E-state index in [0.717, 1.165) is 5.56 Å². The third-order valence-corrected chi connectivity index (χ3v) is 5.23. The molecular weight excluding hydrogens is 364 g/mol. The van der Waals surface area contributed by atoms with Gasteiger partial charge in [-0.1, -0.05) is 36.2 Å². The van der Waals surface area contributed by atoms with Crippen molar-refractivity contribution < 1.29 is 14.7 Å². The predicted molar refractivity (Wildman–Crippen MR) is 106 cm³/mol. The highest BCUT2D eigenvalue weighted by molar-refractivity contribution is 6.33. The van der Waals surface area contributed by atoms with Gasteiger partial charge in [-0.2, -0.15) is 0 Å². The molecule has 1 aromatic heterocycles. The van der Waals surface area contributed by atoms with E-state index in [1.807, 2.05) is 26.0 Å². The lowest BCUT2D eigenvalue weighted by molar-refractivity contribution is -0.119. The molecule has 0 bridgehead atoms. The SMILES string of the molecule is CCC(C(N)=O)c1c(C)n(C(=O)c2ccc(C)cc2)c2cc(Cl)c(O)cc12. The minimum absolute atomic E-state index is 0.107. The second-order valence-corrected chi connectivity index (χ2v) is 7.10. The molecule has 6 heteroatoms. The number of halogens is 1. The predicted octanol–water partition coefficient (Wildman–Crippen LogP) is 4.28. The summed E-state index contributed by atoms with van der Waals surface area (Å²) >= 11 is 6.10. The summed E-state index contributed by atoms with van der Waals surface area (Å²) in [7, 11) is 0. The number of nitrogens with two attached hydrogens (primary N) is 1. The summed E-state index contributed by atoms with van der Waals surface area (Å²) in [6.07, 6.45) is 0.484. The second kappa shape index (κ2) is 7.08. The molecule has 0 saturated heterocycles. The molecule has 0 aliphatic rings. The van der Waals surface area contributed by atoms with Gasteiger partial charge in [-0.3, -0.25) is 14.2 Å². The molecule has 1 unspecified atom stereocenters. The van der Waals surface area contributed by atoms with Gasteiger partial charge in [-0.15, -0.1) is 0 Å². The van der Waals surface area contributed by atoms with E-state index in [0.29, 0.717) is 34.1 Å². The summed E-state index contributed by atoms with van der Waals surface area (Å²) in [5.41, 5.74) is 8.96. The quantitative estimate of drug-likeness (QED) is 0.703. The first-order valence-electron chi connectivity index (χ1n) is 8.70. The highest BCUT2D eigenvalue weighted by atomic mass is 35.5. The Kier molecular flexibility index (Phi) is 4.98. The molecule has 5 nitrogen and oxygen atoms in total. The number of aromatic nitrogens is 1. The van der Waals surface area contributed by atoms with Crippen LogP contribution in [0.3, 0.4) is 0 Å². The largest absolute Gasteiger partial charge is 0.506 e. The molecule has 3 aromatic rings. The fourth-order valence-corrected chi connectivity index (χ4v) is 3.68. The fraction of sp³-hybridized carbons (Fsp3) is 0.238. The first kappa shape index (κ1) is 19.0. The number of phenolic OH excluding ortho intramolecular Hbond substituents is 1. The van der Waals surface area contributed by atoms with Gasteiger partial charge in [0.2, 0.25) is 5.91 Å². The Hall–Kier alpha value is -2.79. The average Bonchev–Trinajstić information content (AvgIpc) is 2.88. The minimum Gasteiger partial charge on any atom is -0.506 e. The van der Waals surface area contributed by atoms with Crippen LogP contribution in [0.15, 0.2) is 36.4 Å². The number of phenols is 1. The van der Waals surface area contributed by atoms with Crippen LogP contribution in [0.2, 0.25) is 5.02 Å². The summed E-state index contributed by atoms with van der Waals surface area (Å²) in [6, 6.07) is 10.3. The number of amides is 1. The maximum atomic E-state index is 13.2. The van der Waals surface area contributed by atoms with Gasteiger partial charge in [0.05, 0.1) is 16.5 Å². The van der Waals surface area contributed by atoms with Crippen molar-refractivity contribution in [3.8, 4) is 5.75 Å². The first-order chi connectivity index (χ1) is 12.8. The van der Waals surface area contributed by atoms with Gasteiger partial charge < -0.3 is 10.8 Å². The zero-order chi connectivity index (χ0) is 19.9. The number of benzene rings is 2. The van der Waals surface area contributed by atoms with Gasteiger partial charge in [-0.05, 0) is 50.1 Å². The summed E-state index contributed by atoms with van der Waals surface area (Å²) < 4.78 is 1.53. The van der Waals surface area contributed by atoms with E-state index < -0.39 is 11.8 Å². The van der Waals surface area contributed by atoms with E-state index in [-0.39, 0.29) is 16.7 Å². The Labute approximate surface area is 162 Å². The fourth-order valence-electron chi connectivity index (χ4n) is 3.52. The average molecular weight is 385 g/mol. The number of hydrogen-bond donors (Lipinski definition) is 2. The van der Waals surface area contributed by atoms with Crippen molar-refractivity contribution in [3.63, 3.8) is 0 Å². The maximum absolute atomic E-state index is 13.2. The van der Waals surface area contributed by atoms with Gasteiger partial charge in [0.15, 0.2) is 0 Å². The molecule has 1 amide bonds. The van der Waals surface area contributed by atoms with Gasteiger partial charge in [0, 0.05) is 16.6 Å². The van der Waals surface area contributed by atoms with Crippen molar-refractivity contribution in [1.29, 1.82) is 0 Å². The topological polar surface area (TPSA) is 85.3 Å². The van der Waals surface area contributed by atoms with Crippen LogP contribution < -0.4 is 5.73 Å². The van der Waals surface area contributed by atoms with Crippen LogP contribution >= 0.6 is 11.6 Å². The van der Waals surface area contributed by atoms with Crippen LogP contribution in [0.1, 0.15) is 46.4 Å². The lowest BCUT2D eigenvalue weighted by Crippen LogP contribution is -2.22. The number of hydrogen-bond acceptors (Lipinski definition) is 3. The molecule has 1 heterocycles. The molecule has 0 spiro atoms. The van der Waals surface area contributed by atoms with Crippen LogP contribution in [-0.4, -0.2) is 21.5 Å². The van der Waals surface area contributed by atoms with Gasteiger partial charge >= 0.3 is 0 Å². The van der Waals surface area contributed by atoms with Gasteiger partial charge in [0.1, 0.15) is 5.75 Å². The molecule has 3 rings (SSSR count). The van der Waals surface area contributed by atoms with Crippen molar-refractivity contribution in [1.82, 2.24) is 4.57 Å². The second-order valence-electron chi connectivity index (χ2n) is 6.69. The Bertz CT molecular complexity index is 1050. The van der Waals surface area contributed by atoms with E-state index in [9.17, 15) is 14.7 Å². The van der Waals surface area contributed by atoms with Gasteiger partial charge in [0.25, 0.3) is 5.91 Å². The molecule has 140 valence electrons. The third kappa shape index (κ3) is 3.19. The van der Waals surface area contributed by atoms with Crippen molar-refractivity contribution >= 4 is 34.3 Å². The summed E-state index contributed by atoms with van der Waals surface area (Å²) in [5.74, 6) is -1.38. The van der Waals surface area contributed by atoms with Crippen LogP contribution in [0.5, 0.6) is 5.75 Å². The number of rotatable bonds is 4. The molecule has 2 aromatic carbocycles. The molecule has 27 heavy (non-hydrogen) atoms. The number of primary amides is 1. The highest BCUT2D eigenvalue weighted by Gasteiger charge is 2.28. The number of fused-ring (bicyclic) bond motifs is 1. The van der Waals surface area contributed by atoms with Gasteiger partial charge in [-0.25, -0.2) is 0 Å². The summed E-state index contributed by atoms with van der Waals surface area (Å²) in [4.78, 5) is 25.2. The Morgan fingerprint density at radius 2 is 1.81 bits per heavy atom. The van der Waals surface area contributed by atoms with E-state index in [2.05, 4.69) is 0 Å². The minimum atomic E-state index is -0.569. The Morgan fingerprint density at radius 3 is 2.37 bits per heavy atom. The van der Waals surface area contributed by atoms with Crippen LogP contribution in [-0.2, 0) is 4.79 Å². The van der Waals surface area contributed by atoms with Crippen LogP contribution in [0.25, 0.3) is 10.9 Å². The number of aryl methyl sites for hydroxylation is 1. The van der Waals surface area contributed by atoms with Crippen molar-refractivity contribution in [2.45, 2.75) is 33.1 Å². The number of nitrogens with zero attached hydrogens (tertiary/aromatic N) is 1. The van der Waals surface area contributed by atoms with Crippen molar-refractivity contribution in [2.24, 2.45) is 5.73 Å². The molecule has 0 radical (unpaired) electrons. The van der Waals surface area contributed by atoms with E-state index in [4.69, 9.17) is 17.3 Å². The van der Waals surface area contributed by atoms with Crippen molar-refractivity contribution in [3.05, 3.63) is 63.8 Å². The molecule has 0 fully saturated rings. The lowest BCUT2D eigenvalue weighted by Gasteiger charge is -2.12. The molecule has 0 aliphatic heterocycles. The molecule has 0 aliphatic carbocycles. The number of aromatic hydroxyl groups is 1. The Balaban J connectivity index is 2.34. The maximum Gasteiger partial charge on any atom is 0.262 e. The molecule has 1 atom stereocenters. The molecular formula is C21H21ClN2O3. The standard InChI is InChI=1S/C21H21ClN2O3/c1-4-14(20(23)26)19-12(3)24(17-10-16(22)18(25)9-15(17)19)21(27)13-7-5-11(2)6-8-13/h5-10,14,25H,4H2,1-3H3,(H2,23,26). The normalized spacial score (nSPS) is 12.3. The summed E-state index contributed by atoms with van der Waals surface area (Å²) in [6.45, 7) is 5.58. The monoisotopic (exact) mass is 384 g/mol. The number of carbonyl (C=O) groups excluding carboxylic acids is 2. The van der Waals surface area contributed by atoms with Crippen molar-refractivity contribution in [2.75, 3.05) is 0 Å². The number of carbonyl (C=O) groups is 2. The summed E-state index contributed by atoms with van der Waals surface area (Å²) in [5, 5.41) is 10.8. The zero-order valence-electron chi connectivity index (χ0n) is 15.4. The van der Waals surface area contributed by atoms with E-state index in [1.165, 1.54) is 10.6 Å². The smallest absolute Gasteiger partial charge is 0.262 e. The third-order valence-electron chi connectivity index (χ3n) is 4.92. The Morgan fingerprint density at radius 1 is 1.19 bits per heavy atom. The van der Waals surface area contributed by atoms with Crippen LogP contribution in [0.4, 0.5) is 0 Å². The van der Waals surface area contributed by atoms with Crippen LogP contribution in [0, 0.1) is 13.8 Å². The van der Waals surface area contributed by atoms with E-state index in [1.54, 1.807) is 25.1 Å². The highest BCUT2D eigenvalue weighted by Crippen LogP contribution is 2.38. The van der Waals surface area contributed by atoms with E-state index >= 15 is 0 Å².